The molecule has 1 aliphatic heterocycles. The molecule has 122 valence electrons. The van der Waals surface area contributed by atoms with Gasteiger partial charge in [-0.15, -0.1) is 0 Å². The third-order valence-corrected chi connectivity index (χ3v) is 4.72. The van der Waals surface area contributed by atoms with Gasteiger partial charge in [-0.25, -0.2) is 9.79 Å². The molecule has 0 fully saturated rings. The van der Waals surface area contributed by atoms with Crippen molar-refractivity contribution in [1.82, 2.24) is 0 Å². The number of carbonyl (C=O) groups excluding carboxylic acids is 1. The SMILES string of the molecule is O=C1OC(c2ccc3ccccc3c2)=N/C1=C\c1cccc(Cl)c1Cl. The summed E-state index contributed by atoms with van der Waals surface area (Å²) in [4.78, 5) is 16.5. The molecule has 3 nitrogen and oxygen atoms in total. The summed E-state index contributed by atoms with van der Waals surface area (Å²) in [6.07, 6.45) is 1.57. The topological polar surface area (TPSA) is 38.7 Å². The molecule has 0 spiro atoms. The van der Waals surface area contributed by atoms with Crippen LogP contribution in [0.1, 0.15) is 11.1 Å². The molecule has 5 heteroatoms. The predicted molar refractivity (Wildman–Crippen MR) is 101 cm³/mol. The number of benzene rings is 3. The molecule has 4 rings (SSSR count). The molecule has 0 atom stereocenters. The van der Waals surface area contributed by atoms with E-state index in [9.17, 15) is 4.79 Å². The molecule has 1 heterocycles. The van der Waals surface area contributed by atoms with Gasteiger partial charge in [-0.3, -0.25) is 0 Å². The zero-order valence-corrected chi connectivity index (χ0v) is 14.4. The van der Waals surface area contributed by atoms with E-state index in [0.29, 0.717) is 15.6 Å². The van der Waals surface area contributed by atoms with E-state index in [1.807, 2.05) is 42.5 Å². The van der Waals surface area contributed by atoms with Crippen LogP contribution in [0.5, 0.6) is 0 Å². The van der Waals surface area contributed by atoms with Gasteiger partial charge in [0, 0.05) is 5.56 Å². The Kier molecular flexibility index (Phi) is 4.04. The number of carbonyl (C=O) groups is 1. The molecule has 3 aromatic carbocycles. The minimum absolute atomic E-state index is 0.187. The molecule has 25 heavy (non-hydrogen) atoms. The summed E-state index contributed by atoms with van der Waals surface area (Å²) in [5, 5.41) is 2.95. The molecule has 0 N–H and O–H groups in total. The van der Waals surface area contributed by atoms with Crippen molar-refractivity contribution >= 4 is 51.9 Å². The van der Waals surface area contributed by atoms with Gasteiger partial charge >= 0.3 is 5.97 Å². The fourth-order valence-corrected chi connectivity index (χ4v) is 3.00. The second kappa shape index (κ2) is 6.36. The van der Waals surface area contributed by atoms with Gasteiger partial charge in [0.05, 0.1) is 10.0 Å². The van der Waals surface area contributed by atoms with Crippen molar-refractivity contribution < 1.29 is 9.53 Å². The van der Waals surface area contributed by atoms with E-state index >= 15 is 0 Å². The largest absolute Gasteiger partial charge is 0.402 e. The fourth-order valence-electron chi connectivity index (χ4n) is 2.63. The maximum Gasteiger partial charge on any atom is 0.363 e. The van der Waals surface area contributed by atoms with Crippen molar-refractivity contribution in [3.8, 4) is 0 Å². The quantitative estimate of drug-likeness (QED) is 0.443. The van der Waals surface area contributed by atoms with Crippen LogP contribution in [-0.4, -0.2) is 11.9 Å². The molecule has 0 radical (unpaired) electrons. The zero-order valence-electron chi connectivity index (χ0n) is 12.9. The van der Waals surface area contributed by atoms with Gasteiger partial charge in [0.1, 0.15) is 0 Å². The van der Waals surface area contributed by atoms with E-state index < -0.39 is 5.97 Å². The number of esters is 1. The van der Waals surface area contributed by atoms with Crippen molar-refractivity contribution in [2.75, 3.05) is 0 Å². The Morgan fingerprint density at radius 3 is 2.56 bits per heavy atom. The molecule has 0 unspecified atom stereocenters. The number of hydrogen-bond donors (Lipinski definition) is 0. The molecule has 0 aliphatic carbocycles. The highest BCUT2D eigenvalue weighted by atomic mass is 35.5. The summed E-state index contributed by atoms with van der Waals surface area (Å²) in [7, 11) is 0. The highest BCUT2D eigenvalue weighted by Gasteiger charge is 2.24. The zero-order chi connectivity index (χ0) is 17.4. The molecule has 3 aromatic rings. The molecule has 1 aliphatic rings. The van der Waals surface area contributed by atoms with Crippen molar-refractivity contribution in [3.05, 3.63) is 87.5 Å². The standard InChI is InChI=1S/C20H11Cl2NO2/c21-16-7-3-6-14(18(16)22)11-17-20(24)25-19(23-17)15-9-8-12-4-1-2-5-13(12)10-15/h1-11H/b17-11-. The minimum Gasteiger partial charge on any atom is -0.402 e. The molecular formula is C20H11Cl2NO2. The summed E-state index contributed by atoms with van der Waals surface area (Å²) >= 11 is 12.2. The molecular weight excluding hydrogens is 357 g/mol. The van der Waals surface area contributed by atoms with Gasteiger partial charge in [0.2, 0.25) is 5.90 Å². The smallest absolute Gasteiger partial charge is 0.363 e. The summed E-state index contributed by atoms with van der Waals surface area (Å²) in [6.45, 7) is 0. The summed E-state index contributed by atoms with van der Waals surface area (Å²) in [5.74, 6) is -0.237. The van der Waals surface area contributed by atoms with Gasteiger partial charge in [0.25, 0.3) is 0 Å². The first-order valence-electron chi connectivity index (χ1n) is 7.57. The van der Waals surface area contributed by atoms with Gasteiger partial charge in [-0.05, 0) is 40.6 Å². The Morgan fingerprint density at radius 1 is 0.920 bits per heavy atom. The van der Waals surface area contributed by atoms with Crippen molar-refractivity contribution in [2.24, 2.45) is 4.99 Å². The Bertz CT molecular complexity index is 1070. The lowest BCUT2D eigenvalue weighted by Crippen LogP contribution is -2.05. The highest BCUT2D eigenvalue weighted by Crippen LogP contribution is 2.29. The van der Waals surface area contributed by atoms with E-state index in [4.69, 9.17) is 27.9 Å². The Balaban J connectivity index is 1.74. The average Bonchev–Trinajstić information content (AvgIpc) is 2.99. The lowest BCUT2D eigenvalue weighted by molar-refractivity contribution is -0.129. The lowest BCUT2D eigenvalue weighted by atomic mass is 10.1. The second-order valence-electron chi connectivity index (χ2n) is 5.54. The number of halogens is 2. The Morgan fingerprint density at radius 2 is 1.72 bits per heavy atom. The molecule has 0 amide bonds. The van der Waals surface area contributed by atoms with Crippen LogP contribution in [-0.2, 0) is 9.53 Å². The number of hydrogen-bond acceptors (Lipinski definition) is 3. The number of rotatable bonds is 2. The third kappa shape index (κ3) is 3.04. The molecule has 0 saturated carbocycles. The van der Waals surface area contributed by atoms with Crippen molar-refractivity contribution in [2.45, 2.75) is 0 Å². The van der Waals surface area contributed by atoms with Crippen molar-refractivity contribution in [1.29, 1.82) is 0 Å². The number of ether oxygens (including phenoxy) is 1. The van der Waals surface area contributed by atoms with E-state index in [0.717, 1.165) is 16.3 Å². The third-order valence-electron chi connectivity index (χ3n) is 3.89. The number of aliphatic imine (C=N–C) groups is 1. The van der Waals surface area contributed by atoms with Crippen LogP contribution in [0.3, 0.4) is 0 Å². The number of cyclic esters (lactones) is 1. The van der Waals surface area contributed by atoms with Crippen LogP contribution in [0.2, 0.25) is 10.0 Å². The summed E-state index contributed by atoms with van der Waals surface area (Å²) in [6, 6.07) is 18.9. The monoisotopic (exact) mass is 367 g/mol. The first kappa shape index (κ1) is 15.9. The Hall–Kier alpha value is -2.62. The highest BCUT2D eigenvalue weighted by molar-refractivity contribution is 6.43. The van der Waals surface area contributed by atoms with Gasteiger partial charge < -0.3 is 4.74 Å². The van der Waals surface area contributed by atoms with Gasteiger partial charge in [-0.1, -0.05) is 65.7 Å². The number of nitrogens with zero attached hydrogens (tertiary/aromatic N) is 1. The average molecular weight is 368 g/mol. The molecule has 0 aromatic heterocycles. The summed E-state index contributed by atoms with van der Waals surface area (Å²) < 4.78 is 5.32. The molecule has 0 saturated heterocycles. The minimum atomic E-state index is -0.515. The van der Waals surface area contributed by atoms with E-state index in [-0.39, 0.29) is 11.6 Å². The predicted octanol–water partition coefficient (Wildman–Crippen LogP) is 5.49. The van der Waals surface area contributed by atoms with Gasteiger partial charge in [-0.2, -0.15) is 0 Å². The second-order valence-corrected chi connectivity index (χ2v) is 6.33. The Labute approximate surface area is 154 Å². The number of fused-ring (bicyclic) bond motifs is 1. The van der Waals surface area contributed by atoms with E-state index in [1.54, 1.807) is 24.3 Å². The van der Waals surface area contributed by atoms with Crippen LogP contribution in [0.25, 0.3) is 16.8 Å². The van der Waals surface area contributed by atoms with Crippen LogP contribution >= 0.6 is 23.2 Å². The van der Waals surface area contributed by atoms with E-state index in [2.05, 4.69) is 4.99 Å². The summed E-state index contributed by atoms with van der Waals surface area (Å²) in [5.41, 5.74) is 1.55. The maximum absolute atomic E-state index is 12.1. The fraction of sp³-hybridized carbons (Fsp3) is 0. The maximum atomic E-state index is 12.1. The lowest BCUT2D eigenvalue weighted by Gasteiger charge is -2.02. The van der Waals surface area contributed by atoms with Crippen LogP contribution in [0.15, 0.2) is 71.4 Å². The van der Waals surface area contributed by atoms with E-state index in [1.165, 1.54) is 0 Å². The normalized spacial score (nSPS) is 15.5. The van der Waals surface area contributed by atoms with Gasteiger partial charge in [0.15, 0.2) is 5.70 Å². The van der Waals surface area contributed by atoms with Crippen LogP contribution in [0, 0.1) is 0 Å². The first-order valence-corrected chi connectivity index (χ1v) is 8.33. The molecule has 0 bridgehead atoms. The first-order chi connectivity index (χ1) is 12.1. The van der Waals surface area contributed by atoms with Crippen molar-refractivity contribution in [3.63, 3.8) is 0 Å². The van der Waals surface area contributed by atoms with Crippen LogP contribution < -0.4 is 0 Å². The van der Waals surface area contributed by atoms with Crippen LogP contribution in [0.4, 0.5) is 0 Å².